The number of hydrogen-bond donors (Lipinski definition) is 2. The SMILES string of the molecule is C[C@H]1CN(Cc2ccccc2NC(=O)NC2(C)CCOCC2)C[C@H](C)O1. The molecule has 1 aromatic carbocycles. The number of amides is 2. The zero-order chi connectivity index (χ0) is 18.6. The van der Waals surface area contributed by atoms with Gasteiger partial charge in [-0.1, -0.05) is 18.2 Å². The molecule has 0 bridgehead atoms. The van der Waals surface area contributed by atoms with Gasteiger partial charge in [0.2, 0.25) is 0 Å². The molecule has 2 atom stereocenters. The first kappa shape index (κ1) is 19.1. The van der Waals surface area contributed by atoms with E-state index < -0.39 is 0 Å². The number of carbonyl (C=O) groups is 1. The van der Waals surface area contributed by atoms with E-state index in [9.17, 15) is 4.79 Å². The van der Waals surface area contributed by atoms with Gasteiger partial charge in [0, 0.05) is 44.1 Å². The molecule has 26 heavy (non-hydrogen) atoms. The molecule has 0 spiro atoms. The summed E-state index contributed by atoms with van der Waals surface area (Å²) in [6, 6.07) is 7.88. The average Bonchev–Trinajstić information content (AvgIpc) is 2.56. The van der Waals surface area contributed by atoms with Crippen LogP contribution in [0.5, 0.6) is 0 Å². The van der Waals surface area contributed by atoms with E-state index in [0.29, 0.717) is 13.2 Å². The molecule has 2 aliphatic heterocycles. The normalized spacial score (nSPS) is 26.3. The lowest BCUT2D eigenvalue weighted by Gasteiger charge is -2.36. The van der Waals surface area contributed by atoms with Crippen molar-refractivity contribution in [2.24, 2.45) is 0 Å². The van der Waals surface area contributed by atoms with Crippen LogP contribution < -0.4 is 10.6 Å². The van der Waals surface area contributed by atoms with Crippen LogP contribution in [0, 0.1) is 0 Å². The summed E-state index contributed by atoms with van der Waals surface area (Å²) in [5, 5.41) is 6.17. The van der Waals surface area contributed by atoms with Crippen LogP contribution in [0.3, 0.4) is 0 Å². The van der Waals surface area contributed by atoms with Gasteiger partial charge in [0.25, 0.3) is 0 Å². The van der Waals surface area contributed by atoms with E-state index >= 15 is 0 Å². The van der Waals surface area contributed by atoms with Crippen LogP contribution in [0.15, 0.2) is 24.3 Å². The van der Waals surface area contributed by atoms with Crippen LogP contribution in [0.1, 0.15) is 39.2 Å². The van der Waals surface area contributed by atoms with E-state index in [-0.39, 0.29) is 23.8 Å². The largest absolute Gasteiger partial charge is 0.381 e. The molecule has 6 heteroatoms. The van der Waals surface area contributed by atoms with Gasteiger partial charge in [0.15, 0.2) is 0 Å². The van der Waals surface area contributed by atoms with E-state index in [2.05, 4.69) is 42.4 Å². The minimum absolute atomic E-state index is 0.148. The average molecular weight is 361 g/mol. The van der Waals surface area contributed by atoms with Crippen LogP contribution in [0.25, 0.3) is 0 Å². The van der Waals surface area contributed by atoms with Crippen molar-refractivity contribution in [3.05, 3.63) is 29.8 Å². The highest BCUT2D eigenvalue weighted by Crippen LogP contribution is 2.22. The van der Waals surface area contributed by atoms with Gasteiger partial charge in [0.1, 0.15) is 0 Å². The first-order chi connectivity index (χ1) is 12.4. The number of urea groups is 1. The lowest BCUT2D eigenvalue weighted by Crippen LogP contribution is -2.51. The van der Waals surface area contributed by atoms with Crippen LogP contribution in [0.4, 0.5) is 10.5 Å². The number of morpholine rings is 1. The number of ether oxygens (including phenoxy) is 2. The third kappa shape index (κ3) is 5.19. The quantitative estimate of drug-likeness (QED) is 0.865. The van der Waals surface area contributed by atoms with Gasteiger partial charge in [-0.05, 0) is 45.2 Å². The Kier molecular flexibility index (Phi) is 6.16. The Morgan fingerprint density at radius 3 is 2.54 bits per heavy atom. The van der Waals surface area contributed by atoms with Crippen molar-refractivity contribution < 1.29 is 14.3 Å². The fourth-order valence-electron chi connectivity index (χ4n) is 3.81. The highest BCUT2D eigenvalue weighted by molar-refractivity contribution is 5.90. The zero-order valence-corrected chi connectivity index (χ0v) is 16.1. The number of nitrogens with one attached hydrogen (secondary N) is 2. The summed E-state index contributed by atoms with van der Waals surface area (Å²) >= 11 is 0. The number of hydrogen-bond acceptors (Lipinski definition) is 4. The molecule has 2 fully saturated rings. The fourth-order valence-corrected chi connectivity index (χ4v) is 3.81. The molecule has 0 aromatic heterocycles. The maximum atomic E-state index is 12.5. The summed E-state index contributed by atoms with van der Waals surface area (Å²) in [6.45, 7) is 10.3. The molecule has 2 saturated heterocycles. The zero-order valence-electron chi connectivity index (χ0n) is 16.1. The first-order valence-electron chi connectivity index (χ1n) is 9.56. The summed E-state index contributed by atoms with van der Waals surface area (Å²) in [5.74, 6) is 0. The predicted octanol–water partition coefficient (Wildman–Crippen LogP) is 2.99. The first-order valence-corrected chi connectivity index (χ1v) is 9.56. The van der Waals surface area contributed by atoms with Gasteiger partial charge in [-0.15, -0.1) is 0 Å². The second kappa shape index (κ2) is 8.37. The monoisotopic (exact) mass is 361 g/mol. The fraction of sp³-hybridized carbons (Fsp3) is 0.650. The van der Waals surface area contributed by atoms with Gasteiger partial charge in [-0.2, -0.15) is 0 Å². The number of anilines is 1. The molecular weight excluding hydrogens is 330 g/mol. The Morgan fingerprint density at radius 2 is 1.85 bits per heavy atom. The number of nitrogens with zero attached hydrogens (tertiary/aromatic N) is 1. The van der Waals surface area contributed by atoms with E-state index in [4.69, 9.17) is 9.47 Å². The molecule has 144 valence electrons. The summed E-state index contributed by atoms with van der Waals surface area (Å²) in [5.41, 5.74) is 1.79. The topological polar surface area (TPSA) is 62.8 Å². The molecule has 0 saturated carbocycles. The number of rotatable bonds is 4. The molecule has 2 amide bonds. The standard InChI is InChI=1S/C20H31N3O3/c1-15-12-23(13-16(2)26-15)14-17-6-4-5-7-18(17)21-19(24)22-20(3)8-10-25-11-9-20/h4-7,15-16H,8-14H2,1-3H3,(H2,21,22,24)/t15-,16-/m0/s1. The second-order valence-corrected chi connectivity index (χ2v) is 7.86. The molecule has 6 nitrogen and oxygen atoms in total. The second-order valence-electron chi connectivity index (χ2n) is 7.86. The molecule has 2 heterocycles. The Morgan fingerprint density at radius 1 is 1.19 bits per heavy atom. The van der Waals surface area contributed by atoms with Crippen LogP contribution >= 0.6 is 0 Å². The van der Waals surface area contributed by atoms with Crippen molar-refractivity contribution in [2.45, 2.75) is 57.9 Å². The molecule has 1 aromatic rings. The van der Waals surface area contributed by atoms with Crippen LogP contribution in [-0.4, -0.2) is 55.0 Å². The van der Waals surface area contributed by atoms with Crippen molar-refractivity contribution in [3.8, 4) is 0 Å². The minimum atomic E-state index is -0.202. The Labute approximate surface area is 156 Å². The van der Waals surface area contributed by atoms with Gasteiger partial charge >= 0.3 is 6.03 Å². The third-order valence-corrected chi connectivity index (χ3v) is 5.17. The summed E-state index contributed by atoms with van der Waals surface area (Å²) in [7, 11) is 0. The van der Waals surface area contributed by atoms with E-state index in [1.807, 2.05) is 18.2 Å². The molecule has 2 N–H and O–H groups in total. The molecule has 2 aliphatic rings. The number of carbonyl (C=O) groups excluding carboxylic acids is 1. The van der Waals surface area contributed by atoms with E-state index in [1.54, 1.807) is 0 Å². The molecule has 0 unspecified atom stereocenters. The molecule has 3 rings (SSSR count). The summed E-state index contributed by atoms with van der Waals surface area (Å²) in [4.78, 5) is 14.9. The number of benzene rings is 1. The van der Waals surface area contributed by atoms with Crippen molar-refractivity contribution in [3.63, 3.8) is 0 Å². The van der Waals surface area contributed by atoms with E-state index in [1.165, 1.54) is 0 Å². The number of para-hydroxylation sites is 1. The minimum Gasteiger partial charge on any atom is -0.381 e. The van der Waals surface area contributed by atoms with Crippen molar-refractivity contribution in [2.75, 3.05) is 31.6 Å². The maximum Gasteiger partial charge on any atom is 0.319 e. The van der Waals surface area contributed by atoms with Gasteiger partial charge in [0.05, 0.1) is 12.2 Å². The Balaban J connectivity index is 1.62. The molecule has 0 aliphatic carbocycles. The Bertz CT molecular complexity index is 606. The van der Waals surface area contributed by atoms with Gasteiger partial charge in [-0.3, -0.25) is 4.90 Å². The van der Waals surface area contributed by atoms with Gasteiger partial charge in [-0.25, -0.2) is 4.79 Å². The van der Waals surface area contributed by atoms with Crippen molar-refractivity contribution in [1.82, 2.24) is 10.2 Å². The predicted molar refractivity (Wildman–Crippen MR) is 102 cm³/mol. The molecule has 0 radical (unpaired) electrons. The smallest absolute Gasteiger partial charge is 0.319 e. The van der Waals surface area contributed by atoms with Crippen molar-refractivity contribution in [1.29, 1.82) is 0 Å². The Hall–Kier alpha value is -1.63. The highest BCUT2D eigenvalue weighted by Gasteiger charge is 2.29. The van der Waals surface area contributed by atoms with Crippen molar-refractivity contribution >= 4 is 11.7 Å². The molecular formula is C20H31N3O3. The summed E-state index contributed by atoms with van der Waals surface area (Å²) in [6.07, 6.45) is 2.14. The highest BCUT2D eigenvalue weighted by atomic mass is 16.5. The third-order valence-electron chi connectivity index (χ3n) is 5.17. The van der Waals surface area contributed by atoms with Gasteiger partial charge < -0.3 is 20.1 Å². The summed E-state index contributed by atoms with van der Waals surface area (Å²) < 4.78 is 11.2. The van der Waals surface area contributed by atoms with Crippen LogP contribution in [-0.2, 0) is 16.0 Å². The van der Waals surface area contributed by atoms with Crippen LogP contribution in [0.2, 0.25) is 0 Å². The lowest BCUT2D eigenvalue weighted by molar-refractivity contribution is -0.0704. The lowest BCUT2D eigenvalue weighted by atomic mass is 9.93. The van der Waals surface area contributed by atoms with E-state index in [0.717, 1.165) is 43.7 Å². The maximum absolute atomic E-state index is 12.5.